The van der Waals surface area contributed by atoms with Gasteiger partial charge in [0.1, 0.15) is 10.8 Å². The Balaban J connectivity index is 1.84. The van der Waals surface area contributed by atoms with Crippen LogP contribution in [0.4, 0.5) is 0 Å². The van der Waals surface area contributed by atoms with E-state index in [2.05, 4.69) is 22.4 Å². The summed E-state index contributed by atoms with van der Waals surface area (Å²) in [5.41, 5.74) is 0.984. The van der Waals surface area contributed by atoms with Crippen molar-refractivity contribution < 1.29 is 9.53 Å². The number of aromatic nitrogens is 2. The van der Waals surface area contributed by atoms with Crippen LogP contribution in [-0.2, 0) is 11.3 Å². The van der Waals surface area contributed by atoms with Gasteiger partial charge in [0.15, 0.2) is 4.34 Å². The molecule has 0 unspecified atom stereocenters. The summed E-state index contributed by atoms with van der Waals surface area (Å²) in [7, 11) is 0. The predicted octanol–water partition coefficient (Wildman–Crippen LogP) is 3.43. The summed E-state index contributed by atoms with van der Waals surface area (Å²) in [4.78, 5) is 12.0. The van der Waals surface area contributed by atoms with E-state index in [1.54, 1.807) is 0 Å². The molecule has 1 N–H and O–H groups in total. The number of aryl methyl sites for hydroxylation is 1. The monoisotopic (exact) mass is 351 g/mol. The van der Waals surface area contributed by atoms with Gasteiger partial charge >= 0.3 is 0 Å². The van der Waals surface area contributed by atoms with Crippen molar-refractivity contribution in [2.45, 2.75) is 44.2 Å². The maximum absolute atomic E-state index is 12.0. The van der Waals surface area contributed by atoms with E-state index in [0.29, 0.717) is 12.3 Å². The van der Waals surface area contributed by atoms with Crippen LogP contribution in [0.15, 0.2) is 28.6 Å². The number of hydrogen-bond acceptors (Lipinski definition) is 6. The summed E-state index contributed by atoms with van der Waals surface area (Å²) in [6.45, 7) is 6.48. The minimum absolute atomic E-state index is 0.0267. The molecule has 0 radical (unpaired) electrons. The molecule has 0 saturated heterocycles. The van der Waals surface area contributed by atoms with Gasteiger partial charge in [-0.25, -0.2) is 0 Å². The highest BCUT2D eigenvalue weighted by Crippen LogP contribution is 2.22. The van der Waals surface area contributed by atoms with Crippen LogP contribution in [0.25, 0.3) is 0 Å². The number of nitrogens with one attached hydrogen (secondary N) is 1. The molecular weight excluding hydrogens is 330 g/mol. The zero-order chi connectivity index (χ0) is 16.7. The summed E-state index contributed by atoms with van der Waals surface area (Å²) >= 11 is 2.90. The zero-order valence-corrected chi connectivity index (χ0v) is 15.2. The Morgan fingerprint density at radius 3 is 2.87 bits per heavy atom. The summed E-state index contributed by atoms with van der Waals surface area (Å²) < 4.78 is 6.70. The Labute approximate surface area is 144 Å². The summed E-state index contributed by atoms with van der Waals surface area (Å²) in [6.07, 6.45) is 1.10. The number of hydrogen-bond donors (Lipinski definition) is 1. The van der Waals surface area contributed by atoms with Gasteiger partial charge in [0.05, 0.1) is 11.9 Å². The van der Waals surface area contributed by atoms with Crippen molar-refractivity contribution in [1.82, 2.24) is 15.5 Å². The number of rotatable bonds is 8. The molecule has 1 heterocycles. The number of para-hydroxylation sites is 1. The molecule has 2 rings (SSSR count). The van der Waals surface area contributed by atoms with Gasteiger partial charge < -0.3 is 10.1 Å². The van der Waals surface area contributed by atoms with Crippen LogP contribution >= 0.6 is 23.1 Å². The first kappa shape index (κ1) is 17.7. The molecule has 1 aromatic carbocycles. The summed E-state index contributed by atoms with van der Waals surface area (Å²) in [5.74, 6) is 1.14. The van der Waals surface area contributed by atoms with Crippen molar-refractivity contribution in [2.24, 2.45) is 0 Å². The molecule has 0 bridgehead atoms. The fourth-order valence-electron chi connectivity index (χ4n) is 1.77. The smallest absolute Gasteiger partial charge is 0.230 e. The second-order valence-electron chi connectivity index (χ2n) is 5.10. The number of benzene rings is 1. The van der Waals surface area contributed by atoms with Crippen LogP contribution in [0.1, 0.15) is 30.8 Å². The largest absolute Gasteiger partial charge is 0.490 e. The molecule has 1 atom stereocenters. The van der Waals surface area contributed by atoms with E-state index in [1.807, 2.05) is 38.1 Å². The van der Waals surface area contributed by atoms with Crippen molar-refractivity contribution in [3.05, 3.63) is 34.8 Å². The van der Waals surface area contributed by atoms with Crippen molar-refractivity contribution in [2.75, 3.05) is 5.75 Å². The van der Waals surface area contributed by atoms with Gasteiger partial charge in [0, 0.05) is 12.1 Å². The fraction of sp³-hybridized carbons (Fsp3) is 0.438. The van der Waals surface area contributed by atoms with E-state index >= 15 is 0 Å². The van der Waals surface area contributed by atoms with E-state index in [-0.39, 0.29) is 12.0 Å². The summed E-state index contributed by atoms with van der Waals surface area (Å²) in [6, 6.07) is 7.80. The zero-order valence-electron chi connectivity index (χ0n) is 13.5. The highest BCUT2D eigenvalue weighted by atomic mass is 32.2. The molecule has 2 aromatic rings. The van der Waals surface area contributed by atoms with Crippen molar-refractivity contribution in [3.8, 4) is 5.75 Å². The van der Waals surface area contributed by atoms with E-state index in [4.69, 9.17) is 4.74 Å². The Morgan fingerprint density at radius 2 is 2.17 bits per heavy atom. The average Bonchev–Trinajstić information content (AvgIpc) is 2.97. The third kappa shape index (κ3) is 5.84. The van der Waals surface area contributed by atoms with Crippen LogP contribution in [0.5, 0.6) is 5.75 Å². The lowest BCUT2D eigenvalue weighted by molar-refractivity contribution is -0.118. The minimum atomic E-state index is -0.0267. The fourth-order valence-corrected chi connectivity index (χ4v) is 3.42. The first-order chi connectivity index (χ1) is 11.1. The standard InChI is InChI=1S/C16H21N3O2S2/c1-4-11(2)21-14-8-6-5-7-13(14)9-17-15(20)10-22-16-19-18-12(3)23-16/h5-8,11H,4,9-10H2,1-3H3,(H,17,20)/t11-/m0/s1. The van der Waals surface area contributed by atoms with E-state index in [1.165, 1.54) is 23.1 Å². The average molecular weight is 351 g/mol. The number of amides is 1. The van der Waals surface area contributed by atoms with Crippen LogP contribution in [0.3, 0.4) is 0 Å². The number of carbonyl (C=O) groups excluding carboxylic acids is 1. The number of ether oxygens (including phenoxy) is 1. The third-order valence-corrected chi connectivity index (χ3v) is 5.16. The molecule has 124 valence electrons. The molecule has 1 amide bonds. The molecule has 0 saturated carbocycles. The van der Waals surface area contributed by atoms with Gasteiger partial charge in [0.2, 0.25) is 5.91 Å². The Kier molecular flexibility index (Phi) is 6.85. The molecule has 5 nitrogen and oxygen atoms in total. The highest BCUT2D eigenvalue weighted by Gasteiger charge is 2.09. The predicted molar refractivity (Wildman–Crippen MR) is 94.0 cm³/mol. The quantitative estimate of drug-likeness (QED) is 0.738. The normalized spacial score (nSPS) is 12.0. The lowest BCUT2D eigenvalue weighted by Crippen LogP contribution is -2.25. The van der Waals surface area contributed by atoms with Crippen molar-refractivity contribution in [1.29, 1.82) is 0 Å². The highest BCUT2D eigenvalue weighted by molar-refractivity contribution is 8.01. The molecule has 0 spiro atoms. The van der Waals surface area contributed by atoms with Gasteiger partial charge in [-0.1, -0.05) is 48.2 Å². The van der Waals surface area contributed by atoms with Gasteiger partial charge in [0.25, 0.3) is 0 Å². The Bertz CT molecular complexity index is 646. The van der Waals surface area contributed by atoms with Crippen LogP contribution in [-0.4, -0.2) is 28.0 Å². The van der Waals surface area contributed by atoms with Gasteiger partial charge in [-0.05, 0) is 26.3 Å². The molecule has 1 aromatic heterocycles. The molecular formula is C16H21N3O2S2. The second kappa shape index (κ2) is 8.88. The maximum Gasteiger partial charge on any atom is 0.230 e. The molecule has 0 aliphatic heterocycles. The number of thioether (sulfide) groups is 1. The Morgan fingerprint density at radius 1 is 1.39 bits per heavy atom. The van der Waals surface area contributed by atoms with Crippen LogP contribution < -0.4 is 10.1 Å². The molecule has 0 aliphatic rings. The van der Waals surface area contributed by atoms with Gasteiger partial charge in [-0.15, -0.1) is 10.2 Å². The van der Waals surface area contributed by atoms with Crippen LogP contribution in [0, 0.1) is 6.92 Å². The first-order valence-electron chi connectivity index (χ1n) is 7.52. The van der Waals surface area contributed by atoms with Crippen molar-refractivity contribution >= 4 is 29.0 Å². The van der Waals surface area contributed by atoms with Crippen LogP contribution in [0.2, 0.25) is 0 Å². The minimum Gasteiger partial charge on any atom is -0.490 e. The lowest BCUT2D eigenvalue weighted by atomic mass is 10.2. The molecule has 23 heavy (non-hydrogen) atoms. The van der Waals surface area contributed by atoms with E-state index in [0.717, 1.165) is 27.1 Å². The van der Waals surface area contributed by atoms with Gasteiger partial charge in [-0.2, -0.15) is 0 Å². The third-order valence-electron chi connectivity index (χ3n) is 3.19. The molecule has 0 fully saturated rings. The molecule has 7 heteroatoms. The number of carbonyl (C=O) groups is 1. The molecule has 0 aliphatic carbocycles. The van der Waals surface area contributed by atoms with Gasteiger partial charge in [-0.3, -0.25) is 4.79 Å². The van der Waals surface area contributed by atoms with E-state index < -0.39 is 0 Å². The first-order valence-corrected chi connectivity index (χ1v) is 9.33. The van der Waals surface area contributed by atoms with E-state index in [9.17, 15) is 4.79 Å². The lowest BCUT2D eigenvalue weighted by Gasteiger charge is -2.16. The maximum atomic E-state index is 12.0. The topological polar surface area (TPSA) is 64.1 Å². The Hall–Kier alpha value is -1.60. The summed E-state index contributed by atoms with van der Waals surface area (Å²) in [5, 5.41) is 11.8. The SMILES string of the molecule is CC[C@H](C)Oc1ccccc1CNC(=O)CSc1nnc(C)s1. The number of nitrogens with zero attached hydrogens (tertiary/aromatic N) is 2. The second-order valence-corrected chi connectivity index (χ2v) is 7.50. The van der Waals surface area contributed by atoms with Crippen molar-refractivity contribution in [3.63, 3.8) is 0 Å².